The summed E-state index contributed by atoms with van der Waals surface area (Å²) in [5.74, 6) is 0.723. The van der Waals surface area contributed by atoms with Gasteiger partial charge >= 0.3 is 6.09 Å². The molecule has 5 nitrogen and oxygen atoms in total. The van der Waals surface area contributed by atoms with E-state index >= 15 is 0 Å². The zero-order chi connectivity index (χ0) is 22.3. The molecule has 3 rings (SSSR count). The van der Waals surface area contributed by atoms with E-state index in [0.29, 0.717) is 13.2 Å². The van der Waals surface area contributed by atoms with Crippen LogP contribution in [0.3, 0.4) is 0 Å². The summed E-state index contributed by atoms with van der Waals surface area (Å²) in [7, 11) is 1.71. The molecule has 0 aliphatic heterocycles. The molecular formula is C26H30N2O3. The summed E-state index contributed by atoms with van der Waals surface area (Å²) in [5.41, 5.74) is 3.55. The number of ether oxygens (including phenoxy) is 2. The minimum Gasteiger partial charge on any atom is -0.490 e. The molecular weight excluding hydrogens is 388 g/mol. The Morgan fingerprint density at radius 2 is 1.55 bits per heavy atom. The van der Waals surface area contributed by atoms with Crippen molar-refractivity contribution in [3.05, 3.63) is 78.9 Å². The number of amides is 1. The quantitative estimate of drug-likeness (QED) is 0.486. The third kappa shape index (κ3) is 6.78. The number of nitrogens with zero attached hydrogens (tertiary/aromatic N) is 1. The van der Waals surface area contributed by atoms with E-state index in [2.05, 4.69) is 23.5 Å². The van der Waals surface area contributed by atoms with Crippen molar-refractivity contribution in [1.29, 1.82) is 0 Å². The van der Waals surface area contributed by atoms with Crippen molar-refractivity contribution in [1.82, 2.24) is 4.90 Å². The first-order chi connectivity index (χ1) is 14.8. The lowest BCUT2D eigenvalue weighted by molar-refractivity contribution is 0.0278. The lowest BCUT2D eigenvalue weighted by Crippen LogP contribution is -2.36. The van der Waals surface area contributed by atoms with E-state index in [1.54, 1.807) is 7.05 Å². The molecule has 5 heteroatoms. The summed E-state index contributed by atoms with van der Waals surface area (Å²) in [5, 5.41) is 3.44. The van der Waals surface area contributed by atoms with Gasteiger partial charge in [-0.1, -0.05) is 54.6 Å². The van der Waals surface area contributed by atoms with Crippen molar-refractivity contribution in [3.63, 3.8) is 0 Å². The largest absolute Gasteiger partial charge is 0.490 e. The van der Waals surface area contributed by atoms with E-state index in [0.717, 1.165) is 28.3 Å². The Hall–Kier alpha value is -3.47. The Morgan fingerprint density at radius 3 is 2.19 bits per heavy atom. The van der Waals surface area contributed by atoms with Gasteiger partial charge in [-0.05, 0) is 56.2 Å². The molecule has 0 heterocycles. The second-order valence-electron chi connectivity index (χ2n) is 8.32. The van der Waals surface area contributed by atoms with Crippen LogP contribution in [-0.2, 0) is 4.74 Å². The predicted octanol–water partition coefficient (Wildman–Crippen LogP) is 6.34. The molecule has 0 atom stereocenters. The van der Waals surface area contributed by atoms with Crippen molar-refractivity contribution >= 4 is 17.5 Å². The fraction of sp³-hybridized carbons (Fsp3) is 0.269. The van der Waals surface area contributed by atoms with Gasteiger partial charge in [0.1, 0.15) is 18.0 Å². The van der Waals surface area contributed by atoms with Gasteiger partial charge in [-0.15, -0.1) is 0 Å². The summed E-state index contributed by atoms with van der Waals surface area (Å²) in [4.78, 5) is 13.7. The smallest absolute Gasteiger partial charge is 0.410 e. The number of likely N-dealkylation sites (N-methyl/N-ethyl adjacent to an activating group) is 1. The number of nitrogens with one attached hydrogen (secondary N) is 1. The standard InChI is InChI=1S/C26H30N2O3/c1-26(2,3)31-25(29)28(4)17-18-30-24-16-15-21(20-11-7-5-8-12-20)19-23(24)27-22-13-9-6-10-14-22/h5-16,19,27H,17-18H2,1-4H3. The molecule has 1 N–H and O–H groups in total. The molecule has 3 aromatic rings. The molecule has 0 radical (unpaired) electrons. The molecule has 0 aromatic heterocycles. The maximum Gasteiger partial charge on any atom is 0.410 e. The Morgan fingerprint density at radius 1 is 0.903 bits per heavy atom. The van der Waals surface area contributed by atoms with Gasteiger partial charge in [0.15, 0.2) is 0 Å². The topological polar surface area (TPSA) is 50.8 Å². The SMILES string of the molecule is CN(CCOc1ccc(-c2ccccc2)cc1Nc1ccccc1)C(=O)OC(C)(C)C. The summed E-state index contributed by atoms with van der Waals surface area (Å²) in [6.45, 7) is 6.32. The van der Waals surface area contributed by atoms with Gasteiger partial charge in [0.2, 0.25) is 0 Å². The van der Waals surface area contributed by atoms with Crippen LogP contribution in [0.5, 0.6) is 5.75 Å². The van der Waals surface area contributed by atoms with Crippen molar-refractivity contribution in [3.8, 4) is 16.9 Å². The highest BCUT2D eigenvalue weighted by Crippen LogP contribution is 2.33. The molecule has 0 saturated carbocycles. The zero-order valence-electron chi connectivity index (χ0n) is 18.6. The predicted molar refractivity (Wildman–Crippen MR) is 126 cm³/mol. The third-order valence-corrected chi connectivity index (χ3v) is 4.53. The van der Waals surface area contributed by atoms with E-state index in [1.165, 1.54) is 4.90 Å². The van der Waals surface area contributed by atoms with Crippen molar-refractivity contribution in [2.75, 3.05) is 25.5 Å². The molecule has 31 heavy (non-hydrogen) atoms. The van der Waals surface area contributed by atoms with E-state index in [9.17, 15) is 4.79 Å². The molecule has 162 valence electrons. The normalized spacial score (nSPS) is 11.0. The Labute approximate surface area is 184 Å². The summed E-state index contributed by atoms with van der Waals surface area (Å²) in [6, 6.07) is 26.3. The van der Waals surface area contributed by atoms with Crippen LogP contribution in [-0.4, -0.2) is 36.8 Å². The van der Waals surface area contributed by atoms with Gasteiger partial charge in [-0.25, -0.2) is 4.79 Å². The van der Waals surface area contributed by atoms with Crippen molar-refractivity contribution in [2.45, 2.75) is 26.4 Å². The van der Waals surface area contributed by atoms with E-state index in [4.69, 9.17) is 9.47 Å². The molecule has 0 aliphatic rings. The van der Waals surface area contributed by atoms with Crippen LogP contribution < -0.4 is 10.1 Å². The number of carbonyl (C=O) groups is 1. The summed E-state index contributed by atoms with van der Waals surface area (Å²) in [6.07, 6.45) is -0.363. The van der Waals surface area contributed by atoms with Crippen molar-refractivity contribution < 1.29 is 14.3 Å². The fourth-order valence-electron chi connectivity index (χ4n) is 2.96. The first-order valence-corrected chi connectivity index (χ1v) is 10.4. The van der Waals surface area contributed by atoms with Gasteiger partial charge in [-0.2, -0.15) is 0 Å². The highest BCUT2D eigenvalue weighted by Gasteiger charge is 2.19. The highest BCUT2D eigenvalue weighted by molar-refractivity contribution is 5.75. The summed E-state index contributed by atoms with van der Waals surface area (Å²) < 4.78 is 11.4. The Kier molecular flexibility index (Phi) is 7.19. The molecule has 0 unspecified atom stereocenters. The van der Waals surface area contributed by atoms with Crippen molar-refractivity contribution in [2.24, 2.45) is 0 Å². The lowest BCUT2D eigenvalue weighted by atomic mass is 10.0. The monoisotopic (exact) mass is 418 g/mol. The highest BCUT2D eigenvalue weighted by atomic mass is 16.6. The zero-order valence-corrected chi connectivity index (χ0v) is 18.6. The number of carbonyl (C=O) groups excluding carboxylic acids is 1. The maximum atomic E-state index is 12.1. The lowest BCUT2D eigenvalue weighted by Gasteiger charge is -2.24. The van der Waals surface area contributed by atoms with Crippen LogP contribution in [0, 0.1) is 0 Å². The fourth-order valence-corrected chi connectivity index (χ4v) is 2.96. The van der Waals surface area contributed by atoms with Crippen LogP contribution in [0.15, 0.2) is 78.9 Å². The molecule has 3 aromatic carbocycles. The first-order valence-electron chi connectivity index (χ1n) is 10.4. The molecule has 0 saturated heterocycles. The first kappa shape index (κ1) is 22.2. The minimum atomic E-state index is -0.522. The second kappa shape index (κ2) is 10.0. The Balaban J connectivity index is 1.73. The number of rotatable bonds is 7. The summed E-state index contributed by atoms with van der Waals surface area (Å²) >= 11 is 0. The Bertz CT molecular complexity index is 983. The molecule has 1 amide bonds. The van der Waals surface area contributed by atoms with Crippen LogP contribution in [0.1, 0.15) is 20.8 Å². The average Bonchev–Trinajstić information content (AvgIpc) is 2.75. The van der Waals surface area contributed by atoms with Gasteiger partial charge < -0.3 is 19.7 Å². The second-order valence-corrected chi connectivity index (χ2v) is 8.32. The van der Waals surface area contributed by atoms with Crippen LogP contribution >= 0.6 is 0 Å². The van der Waals surface area contributed by atoms with Crippen LogP contribution in [0.4, 0.5) is 16.2 Å². The van der Waals surface area contributed by atoms with Crippen LogP contribution in [0.25, 0.3) is 11.1 Å². The molecule has 0 aliphatic carbocycles. The van der Waals surface area contributed by atoms with E-state index in [1.807, 2.05) is 81.4 Å². The van der Waals surface area contributed by atoms with Gasteiger partial charge in [-0.3, -0.25) is 0 Å². The molecule has 0 fully saturated rings. The number of hydrogen-bond acceptors (Lipinski definition) is 4. The van der Waals surface area contributed by atoms with Gasteiger partial charge in [0, 0.05) is 12.7 Å². The maximum absolute atomic E-state index is 12.1. The third-order valence-electron chi connectivity index (χ3n) is 4.53. The number of benzene rings is 3. The van der Waals surface area contributed by atoms with Crippen LogP contribution in [0.2, 0.25) is 0 Å². The van der Waals surface area contributed by atoms with E-state index < -0.39 is 5.60 Å². The molecule has 0 spiro atoms. The van der Waals surface area contributed by atoms with Gasteiger partial charge in [0.25, 0.3) is 0 Å². The number of para-hydroxylation sites is 1. The van der Waals surface area contributed by atoms with Gasteiger partial charge in [0.05, 0.1) is 12.2 Å². The average molecular weight is 419 g/mol. The molecule has 0 bridgehead atoms. The number of anilines is 2. The van der Waals surface area contributed by atoms with E-state index in [-0.39, 0.29) is 6.09 Å². The minimum absolute atomic E-state index is 0.351. The number of hydrogen-bond donors (Lipinski definition) is 1.